The molecule has 8 heteroatoms. The third kappa shape index (κ3) is 14.3. The molecule has 0 bridgehead atoms. The van der Waals surface area contributed by atoms with Gasteiger partial charge in [0, 0.05) is 12.8 Å². The van der Waals surface area contributed by atoms with Crippen LogP contribution in [0.15, 0.2) is 0 Å². The van der Waals surface area contributed by atoms with Crippen molar-refractivity contribution in [3.8, 4) is 0 Å². The summed E-state index contributed by atoms with van der Waals surface area (Å²) in [6, 6.07) is 0. The Morgan fingerprint density at radius 2 is 1.46 bits per heavy atom. The van der Waals surface area contributed by atoms with Gasteiger partial charge in [0.05, 0.1) is 14.1 Å². The van der Waals surface area contributed by atoms with Crippen molar-refractivity contribution in [2.75, 3.05) is 26.4 Å². The molecule has 0 rings (SSSR count). The van der Waals surface area contributed by atoms with Gasteiger partial charge in [-0.25, -0.2) is 0 Å². The molecular formula is C20H42NO6S+. The van der Waals surface area contributed by atoms with Crippen molar-refractivity contribution in [3.63, 3.8) is 0 Å². The molecule has 0 amide bonds. The van der Waals surface area contributed by atoms with Gasteiger partial charge < -0.3 is 9.84 Å². The molecule has 0 heterocycles. The second-order valence-corrected chi connectivity index (χ2v) is 9.79. The summed E-state index contributed by atoms with van der Waals surface area (Å²) >= 11 is 0. The van der Waals surface area contributed by atoms with E-state index in [1.807, 2.05) is 6.92 Å². The monoisotopic (exact) mass is 424 g/mol. The molecule has 0 fully saturated rings. The van der Waals surface area contributed by atoms with E-state index in [4.69, 9.17) is 9.29 Å². The molecule has 28 heavy (non-hydrogen) atoms. The van der Waals surface area contributed by atoms with Crippen molar-refractivity contribution in [2.24, 2.45) is 0 Å². The average Bonchev–Trinajstić information content (AvgIpc) is 2.55. The number of esters is 1. The molecular weight excluding hydrogens is 382 g/mol. The van der Waals surface area contributed by atoms with Gasteiger partial charge in [-0.05, 0) is 6.42 Å². The van der Waals surface area contributed by atoms with Crippen LogP contribution in [0.2, 0.25) is 0 Å². The summed E-state index contributed by atoms with van der Waals surface area (Å²) in [5, 5.41) is 9.90. The second kappa shape index (κ2) is 14.3. The van der Waals surface area contributed by atoms with Crippen LogP contribution in [0.4, 0.5) is 0 Å². The highest BCUT2D eigenvalue weighted by molar-refractivity contribution is 7.85. The number of rotatable bonds is 17. The maximum Gasteiger partial charge on any atom is 0.310 e. The third-order valence-electron chi connectivity index (χ3n) is 4.97. The lowest BCUT2D eigenvalue weighted by atomic mass is 10.1. The number of carbonyl (C=O) groups is 1. The van der Waals surface area contributed by atoms with E-state index in [1.54, 1.807) is 14.1 Å². The van der Waals surface area contributed by atoms with Crippen molar-refractivity contribution >= 4 is 16.1 Å². The third-order valence-corrected chi connectivity index (χ3v) is 5.77. The number of hydrogen-bond acceptors (Lipinski definition) is 5. The van der Waals surface area contributed by atoms with Crippen LogP contribution < -0.4 is 0 Å². The molecule has 0 spiro atoms. The SMILES string of the molecule is CCCCCCCCCCCC(=O)OC(CC)[N+](C)(C)CC(O)CS(=O)(=O)O. The Balaban J connectivity index is 4.15. The van der Waals surface area contributed by atoms with Gasteiger partial charge in [-0.2, -0.15) is 8.42 Å². The quantitative estimate of drug-likeness (QED) is 0.122. The highest BCUT2D eigenvalue weighted by Crippen LogP contribution is 2.16. The van der Waals surface area contributed by atoms with E-state index < -0.39 is 28.2 Å². The van der Waals surface area contributed by atoms with Gasteiger partial charge in [-0.1, -0.05) is 65.2 Å². The van der Waals surface area contributed by atoms with E-state index in [0.717, 1.165) is 19.3 Å². The van der Waals surface area contributed by atoms with Crippen molar-refractivity contribution in [1.29, 1.82) is 0 Å². The van der Waals surface area contributed by atoms with E-state index in [9.17, 15) is 18.3 Å². The fourth-order valence-corrected chi connectivity index (χ4v) is 4.06. The summed E-state index contributed by atoms with van der Waals surface area (Å²) in [6.07, 6.45) is 9.85. The first kappa shape index (κ1) is 27.3. The standard InChI is InChI=1S/C20H41NO6S/c1-5-7-8-9-10-11-12-13-14-15-20(23)27-19(6-2)21(3,4)16-18(22)17-28(24,25)26/h18-19,22H,5-17H2,1-4H3/p+1. The lowest BCUT2D eigenvalue weighted by Gasteiger charge is -2.37. The number of unbranched alkanes of at least 4 members (excludes halogenated alkanes) is 8. The Labute approximate surface area is 171 Å². The summed E-state index contributed by atoms with van der Waals surface area (Å²) in [5.41, 5.74) is 0. The molecule has 7 nitrogen and oxygen atoms in total. The lowest BCUT2D eigenvalue weighted by Crippen LogP contribution is -2.55. The van der Waals surface area contributed by atoms with Crippen LogP contribution >= 0.6 is 0 Å². The number of aliphatic hydroxyl groups excluding tert-OH is 1. The maximum atomic E-state index is 12.2. The van der Waals surface area contributed by atoms with Crippen LogP contribution in [0.3, 0.4) is 0 Å². The van der Waals surface area contributed by atoms with Crippen molar-refractivity contribution < 1.29 is 32.1 Å². The number of likely N-dealkylation sites (N-methyl/N-ethyl adjacent to an activating group) is 1. The summed E-state index contributed by atoms with van der Waals surface area (Å²) < 4.78 is 36.4. The summed E-state index contributed by atoms with van der Waals surface area (Å²) in [7, 11) is -0.704. The first-order chi connectivity index (χ1) is 13.0. The minimum Gasteiger partial charge on any atom is -0.412 e. The van der Waals surface area contributed by atoms with Crippen LogP contribution in [-0.2, 0) is 19.6 Å². The Morgan fingerprint density at radius 3 is 1.93 bits per heavy atom. The van der Waals surface area contributed by atoms with Gasteiger partial charge in [0.15, 0.2) is 0 Å². The van der Waals surface area contributed by atoms with Gasteiger partial charge in [-0.15, -0.1) is 0 Å². The number of hydrogen-bond donors (Lipinski definition) is 2. The minimum atomic E-state index is -4.25. The van der Waals surface area contributed by atoms with E-state index in [0.29, 0.717) is 12.8 Å². The van der Waals surface area contributed by atoms with Gasteiger partial charge in [0.25, 0.3) is 10.1 Å². The molecule has 0 aromatic rings. The predicted molar refractivity (Wildman–Crippen MR) is 111 cm³/mol. The summed E-state index contributed by atoms with van der Waals surface area (Å²) in [6.45, 7) is 4.15. The largest absolute Gasteiger partial charge is 0.412 e. The fourth-order valence-electron chi connectivity index (χ4n) is 3.47. The minimum absolute atomic E-state index is 0.0591. The molecule has 2 N–H and O–H groups in total. The van der Waals surface area contributed by atoms with E-state index in [-0.39, 0.29) is 17.0 Å². The molecule has 0 saturated carbocycles. The molecule has 2 atom stereocenters. The maximum absolute atomic E-state index is 12.2. The van der Waals surface area contributed by atoms with Gasteiger partial charge in [0.1, 0.15) is 18.4 Å². The smallest absolute Gasteiger partial charge is 0.310 e. The predicted octanol–water partition coefficient (Wildman–Crippen LogP) is 3.51. The van der Waals surface area contributed by atoms with Crippen LogP contribution in [0.1, 0.15) is 84.5 Å². The zero-order chi connectivity index (χ0) is 21.6. The fraction of sp³-hybridized carbons (Fsp3) is 0.950. The molecule has 0 saturated heterocycles. The topological polar surface area (TPSA) is 101 Å². The Kier molecular flexibility index (Phi) is 14.0. The zero-order valence-corrected chi connectivity index (χ0v) is 19.0. The number of quaternary nitrogens is 1. The van der Waals surface area contributed by atoms with Crippen LogP contribution in [0.5, 0.6) is 0 Å². The zero-order valence-electron chi connectivity index (χ0n) is 18.2. The Bertz CT molecular complexity index is 521. The molecule has 0 aromatic heterocycles. The normalized spacial score (nSPS) is 14.6. The van der Waals surface area contributed by atoms with Gasteiger partial charge in [0.2, 0.25) is 6.23 Å². The summed E-state index contributed by atoms with van der Waals surface area (Å²) in [4.78, 5) is 12.2. The highest BCUT2D eigenvalue weighted by Gasteiger charge is 2.33. The number of nitrogens with zero attached hydrogens (tertiary/aromatic N) is 1. The number of carbonyl (C=O) groups excluding carboxylic acids is 1. The van der Waals surface area contributed by atoms with Crippen LogP contribution in [0, 0.1) is 0 Å². The van der Waals surface area contributed by atoms with Gasteiger partial charge >= 0.3 is 5.97 Å². The van der Waals surface area contributed by atoms with E-state index in [1.165, 1.54) is 38.5 Å². The van der Waals surface area contributed by atoms with Crippen LogP contribution in [0.25, 0.3) is 0 Å². The van der Waals surface area contributed by atoms with Crippen LogP contribution in [-0.4, -0.2) is 67.3 Å². The lowest BCUT2D eigenvalue weighted by molar-refractivity contribution is -0.937. The van der Waals surface area contributed by atoms with Crippen molar-refractivity contribution in [2.45, 2.75) is 96.8 Å². The average molecular weight is 425 g/mol. The van der Waals surface area contributed by atoms with Crippen molar-refractivity contribution in [1.82, 2.24) is 0 Å². The second-order valence-electron chi connectivity index (χ2n) is 8.29. The highest BCUT2D eigenvalue weighted by atomic mass is 32.2. The molecule has 0 aliphatic rings. The number of aliphatic hydroxyl groups is 1. The first-order valence-corrected chi connectivity index (χ1v) is 12.3. The Hall–Kier alpha value is -0.700. The molecule has 0 aliphatic heterocycles. The van der Waals surface area contributed by atoms with Gasteiger partial charge in [-0.3, -0.25) is 13.8 Å². The molecule has 168 valence electrons. The number of ether oxygens (including phenoxy) is 1. The Morgan fingerprint density at radius 1 is 0.964 bits per heavy atom. The van der Waals surface area contributed by atoms with E-state index in [2.05, 4.69) is 6.92 Å². The molecule has 0 aliphatic carbocycles. The molecule has 0 radical (unpaired) electrons. The van der Waals surface area contributed by atoms with E-state index >= 15 is 0 Å². The summed E-state index contributed by atoms with van der Waals surface area (Å²) in [5.74, 6) is -0.984. The van der Waals surface area contributed by atoms with Crippen molar-refractivity contribution in [3.05, 3.63) is 0 Å². The molecule has 0 aromatic carbocycles. The first-order valence-electron chi connectivity index (χ1n) is 10.7. The molecule has 2 unspecified atom stereocenters.